The first-order valence-electron chi connectivity index (χ1n) is 8.15. The Morgan fingerprint density at radius 1 is 1.14 bits per heavy atom. The monoisotopic (exact) mass is 278 g/mol. The second kappa shape index (κ2) is 5.33. The largest absolute Gasteiger partial charge is 0.0995 e. The summed E-state index contributed by atoms with van der Waals surface area (Å²) in [7, 11) is 0. The van der Waals surface area contributed by atoms with E-state index in [1.54, 1.807) is 11.1 Å². The summed E-state index contributed by atoms with van der Waals surface area (Å²) in [4.78, 5) is 0. The van der Waals surface area contributed by atoms with Crippen molar-refractivity contribution in [1.29, 1.82) is 0 Å². The van der Waals surface area contributed by atoms with E-state index in [0.29, 0.717) is 11.8 Å². The van der Waals surface area contributed by atoms with E-state index in [2.05, 4.69) is 58.5 Å². The summed E-state index contributed by atoms with van der Waals surface area (Å²) < 4.78 is 0. The van der Waals surface area contributed by atoms with Crippen LogP contribution in [-0.4, -0.2) is 0 Å². The van der Waals surface area contributed by atoms with Crippen LogP contribution in [-0.2, 0) is 6.42 Å². The van der Waals surface area contributed by atoms with Crippen molar-refractivity contribution < 1.29 is 0 Å². The summed E-state index contributed by atoms with van der Waals surface area (Å²) in [6, 6.07) is 8.92. The third-order valence-corrected chi connectivity index (χ3v) is 5.43. The van der Waals surface area contributed by atoms with Crippen LogP contribution < -0.4 is 0 Å². The van der Waals surface area contributed by atoms with Crippen molar-refractivity contribution in [2.45, 2.75) is 47.0 Å². The van der Waals surface area contributed by atoms with E-state index < -0.39 is 0 Å². The fourth-order valence-corrected chi connectivity index (χ4v) is 4.08. The van der Waals surface area contributed by atoms with Crippen LogP contribution in [0.5, 0.6) is 0 Å². The Morgan fingerprint density at radius 2 is 1.86 bits per heavy atom. The topological polar surface area (TPSA) is 0 Å². The Balaban J connectivity index is 2.19. The van der Waals surface area contributed by atoms with Crippen LogP contribution in [0, 0.1) is 11.8 Å². The maximum atomic E-state index is 4.28. The lowest BCUT2D eigenvalue weighted by Crippen LogP contribution is -2.19. The molecule has 1 aromatic rings. The molecule has 0 aliphatic heterocycles. The summed E-state index contributed by atoms with van der Waals surface area (Å²) >= 11 is 0. The van der Waals surface area contributed by atoms with Crippen LogP contribution in [0.25, 0.3) is 5.57 Å². The molecular formula is C21H26. The fraction of sp³-hybridized carbons (Fsp3) is 0.429. The second-order valence-electron chi connectivity index (χ2n) is 6.96. The Hall–Kier alpha value is -1.56. The molecule has 110 valence electrons. The molecule has 0 heteroatoms. The highest BCUT2D eigenvalue weighted by Crippen LogP contribution is 2.48. The Morgan fingerprint density at radius 3 is 2.57 bits per heavy atom. The number of fused-ring (bicyclic) bond motifs is 1. The standard InChI is InChI=1S/C21H26/c1-13(2)18-11-10-14(3)16(5)21(18)20-15(4)12-17-8-6-7-9-19(17)20/h6-9,14,18H,1,10-12H2,2-5H3/t14-,18?/m1/s1. The minimum absolute atomic E-state index is 0.539. The van der Waals surface area contributed by atoms with Gasteiger partial charge in [0.15, 0.2) is 0 Å². The van der Waals surface area contributed by atoms with E-state index >= 15 is 0 Å². The van der Waals surface area contributed by atoms with Crippen molar-refractivity contribution in [3.8, 4) is 0 Å². The quantitative estimate of drug-likeness (QED) is 0.586. The Labute approximate surface area is 129 Å². The van der Waals surface area contributed by atoms with Gasteiger partial charge in [0.25, 0.3) is 0 Å². The summed E-state index contributed by atoms with van der Waals surface area (Å²) in [6.45, 7) is 13.5. The molecule has 0 aromatic heterocycles. The van der Waals surface area contributed by atoms with Gasteiger partial charge in [-0.15, -0.1) is 0 Å². The molecule has 0 amide bonds. The lowest BCUT2D eigenvalue weighted by Gasteiger charge is -2.33. The number of benzene rings is 1. The van der Waals surface area contributed by atoms with Gasteiger partial charge in [-0.2, -0.15) is 0 Å². The van der Waals surface area contributed by atoms with Gasteiger partial charge in [0.1, 0.15) is 0 Å². The first kappa shape index (κ1) is 14.4. The predicted molar refractivity (Wildman–Crippen MR) is 92.1 cm³/mol. The number of allylic oxidation sites excluding steroid dienone is 5. The molecule has 1 unspecified atom stereocenters. The van der Waals surface area contributed by atoms with Gasteiger partial charge in [-0.25, -0.2) is 0 Å². The van der Waals surface area contributed by atoms with E-state index in [-0.39, 0.29) is 0 Å². The van der Waals surface area contributed by atoms with E-state index in [1.165, 1.54) is 40.7 Å². The zero-order chi connectivity index (χ0) is 15.1. The van der Waals surface area contributed by atoms with Crippen LogP contribution in [0.1, 0.15) is 51.7 Å². The minimum Gasteiger partial charge on any atom is -0.0995 e. The van der Waals surface area contributed by atoms with E-state index in [9.17, 15) is 0 Å². The molecular weight excluding hydrogens is 252 g/mol. The molecule has 1 aromatic carbocycles. The first-order valence-corrected chi connectivity index (χ1v) is 8.15. The lowest BCUT2D eigenvalue weighted by molar-refractivity contribution is 0.479. The van der Waals surface area contributed by atoms with Gasteiger partial charge >= 0.3 is 0 Å². The summed E-state index contributed by atoms with van der Waals surface area (Å²) in [5.41, 5.74) is 10.5. The van der Waals surface area contributed by atoms with Gasteiger partial charge in [-0.3, -0.25) is 0 Å². The molecule has 2 aliphatic rings. The summed E-state index contributed by atoms with van der Waals surface area (Å²) in [5, 5.41) is 0. The number of rotatable bonds is 2. The third kappa shape index (κ3) is 2.31. The highest BCUT2D eigenvalue weighted by molar-refractivity contribution is 5.88. The Kier molecular flexibility index (Phi) is 3.65. The molecule has 3 rings (SSSR count). The second-order valence-corrected chi connectivity index (χ2v) is 6.96. The molecule has 0 spiro atoms. The molecule has 2 aliphatic carbocycles. The fourth-order valence-electron chi connectivity index (χ4n) is 4.08. The summed E-state index contributed by atoms with van der Waals surface area (Å²) in [6.07, 6.45) is 3.66. The van der Waals surface area contributed by atoms with Crippen molar-refractivity contribution in [2.75, 3.05) is 0 Å². The zero-order valence-electron chi connectivity index (χ0n) is 13.8. The average Bonchev–Trinajstić information content (AvgIpc) is 2.77. The van der Waals surface area contributed by atoms with Crippen molar-refractivity contribution in [1.82, 2.24) is 0 Å². The molecule has 0 saturated carbocycles. The van der Waals surface area contributed by atoms with Gasteiger partial charge in [0, 0.05) is 5.92 Å². The van der Waals surface area contributed by atoms with Crippen LogP contribution in [0.3, 0.4) is 0 Å². The smallest absolute Gasteiger partial charge is 0.00486 e. The molecule has 21 heavy (non-hydrogen) atoms. The molecule has 0 fully saturated rings. The van der Waals surface area contributed by atoms with Crippen molar-refractivity contribution >= 4 is 5.57 Å². The third-order valence-electron chi connectivity index (χ3n) is 5.43. The maximum Gasteiger partial charge on any atom is 0.00486 e. The van der Waals surface area contributed by atoms with Crippen LogP contribution in [0.2, 0.25) is 0 Å². The molecule has 0 bridgehead atoms. The Bertz CT molecular complexity index is 654. The molecule has 0 radical (unpaired) electrons. The zero-order valence-corrected chi connectivity index (χ0v) is 13.8. The first-order chi connectivity index (χ1) is 10.0. The van der Waals surface area contributed by atoms with E-state index in [0.717, 1.165) is 6.42 Å². The van der Waals surface area contributed by atoms with Gasteiger partial charge in [0.2, 0.25) is 0 Å². The summed E-state index contributed by atoms with van der Waals surface area (Å²) in [5.74, 6) is 1.24. The molecule has 2 atom stereocenters. The van der Waals surface area contributed by atoms with E-state index in [1.807, 2.05) is 0 Å². The average molecular weight is 278 g/mol. The molecule has 0 nitrogen and oxygen atoms in total. The maximum absolute atomic E-state index is 4.28. The predicted octanol–water partition coefficient (Wildman–Crippen LogP) is 5.95. The number of hydrogen-bond donors (Lipinski definition) is 0. The number of hydrogen-bond acceptors (Lipinski definition) is 0. The lowest BCUT2D eigenvalue weighted by atomic mass is 9.71. The normalized spacial score (nSPS) is 25.3. The van der Waals surface area contributed by atoms with Crippen molar-refractivity contribution in [2.24, 2.45) is 11.8 Å². The van der Waals surface area contributed by atoms with Crippen molar-refractivity contribution in [3.63, 3.8) is 0 Å². The molecule has 0 heterocycles. The van der Waals surface area contributed by atoms with Gasteiger partial charge in [-0.1, -0.05) is 54.5 Å². The molecule has 0 N–H and O–H groups in total. The van der Waals surface area contributed by atoms with Crippen LogP contribution in [0.15, 0.2) is 53.1 Å². The highest BCUT2D eigenvalue weighted by atomic mass is 14.4. The highest BCUT2D eigenvalue weighted by Gasteiger charge is 2.32. The van der Waals surface area contributed by atoms with Gasteiger partial charge in [-0.05, 0) is 68.2 Å². The van der Waals surface area contributed by atoms with E-state index in [4.69, 9.17) is 0 Å². The van der Waals surface area contributed by atoms with Gasteiger partial charge < -0.3 is 0 Å². The van der Waals surface area contributed by atoms with Crippen molar-refractivity contribution in [3.05, 3.63) is 64.3 Å². The SMILES string of the molecule is C=C(C)C1CC[C@@H](C)C(C)=C1C1=C(C)Cc2ccccc21. The van der Waals surface area contributed by atoms with Crippen LogP contribution in [0.4, 0.5) is 0 Å². The molecule has 0 saturated heterocycles. The minimum atomic E-state index is 0.539. The van der Waals surface area contributed by atoms with Gasteiger partial charge in [0.05, 0.1) is 0 Å². The van der Waals surface area contributed by atoms with Crippen LogP contribution >= 0.6 is 0 Å².